The van der Waals surface area contributed by atoms with E-state index in [-0.39, 0.29) is 0 Å². The zero-order chi connectivity index (χ0) is 5.98. The number of aromatic amines is 1. The Balaban J connectivity index is 3.00. The Labute approximate surface area is 47.5 Å². The Morgan fingerprint density at radius 3 is 2.75 bits per heavy atom. The lowest BCUT2D eigenvalue weighted by molar-refractivity contribution is 1.03. The maximum atomic E-state index is 3.94. The summed E-state index contributed by atoms with van der Waals surface area (Å²) in [5, 5.41) is 6.46. The van der Waals surface area contributed by atoms with Gasteiger partial charge in [0, 0.05) is 0 Å². The second-order valence-corrected chi connectivity index (χ2v) is 1.47. The van der Waals surface area contributed by atoms with E-state index in [4.69, 9.17) is 0 Å². The van der Waals surface area contributed by atoms with Crippen LogP contribution in [0.3, 0.4) is 0 Å². The van der Waals surface area contributed by atoms with Gasteiger partial charge in [-0.3, -0.25) is 5.10 Å². The van der Waals surface area contributed by atoms with Crippen LogP contribution in [0.15, 0.2) is 6.58 Å². The largest absolute Gasteiger partial charge is 0.260 e. The zero-order valence-electron chi connectivity index (χ0n) is 4.68. The third-order valence-corrected chi connectivity index (χ3v) is 0.808. The predicted molar refractivity (Wildman–Crippen MR) is 31.2 cm³/mol. The molecule has 8 heavy (non-hydrogen) atoms. The number of nitrogens with one attached hydrogen (secondary N) is 1. The fourth-order valence-corrected chi connectivity index (χ4v) is 0.454. The van der Waals surface area contributed by atoms with Crippen molar-refractivity contribution in [3.63, 3.8) is 0 Å². The fourth-order valence-electron chi connectivity index (χ4n) is 0.454. The minimum absolute atomic E-state index is 0.725. The molecule has 1 aromatic rings. The summed E-state index contributed by atoms with van der Waals surface area (Å²) < 4.78 is 0. The van der Waals surface area contributed by atoms with Crippen LogP contribution in [0.5, 0.6) is 0 Å². The third kappa shape index (κ3) is 0.753. The van der Waals surface area contributed by atoms with Crippen LogP contribution < -0.4 is 0 Å². The maximum absolute atomic E-state index is 3.94. The van der Waals surface area contributed by atoms with Gasteiger partial charge in [0.2, 0.25) is 0 Å². The lowest BCUT2D eigenvalue weighted by Crippen LogP contribution is -1.71. The highest BCUT2D eigenvalue weighted by Gasteiger charge is 1.88. The van der Waals surface area contributed by atoms with E-state index < -0.39 is 0 Å². The first kappa shape index (κ1) is 5.03. The van der Waals surface area contributed by atoms with Crippen LogP contribution in [0.1, 0.15) is 11.6 Å². The first-order valence-electron chi connectivity index (χ1n) is 2.34. The average Bonchev–Trinajstić information content (AvgIpc) is 2.14. The molecule has 0 spiro atoms. The molecule has 0 amide bonds. The summed E-state index contributed by atoms with van der Waals surface area (Å²) in [5.74, 6) is 1.47. The Morgan fingerprint density at radius 2 is 2.50 bits per heavy atom. The van der Waals surface area contributed by atoms with E-state index in [1.165, 1.54) is 0 Å². The van der Waals surface area contributed by atoms with Gasteiger partial charge in [-0.1, -0.05) is 6.58 Å². The minimum Gasteiger partial charge on any atom is -0.260 e. The summed E-state index contributed by atoms with van der Waals surface area (Å²) in [5.41, 5.74) is 0. The molecule has 42 valence electrons. The van der Waals surface area contributed by atoms with Gasteiger partial charge in [-0.05, 0) is 13.0 Å². The molecule has 1 N–H and O–H groups in total. The van der Waals surface area contributed by atoms with Crippen molar-refractivity contribution in [3.8, 4) is 0 Å². The standard InChI is InChI=1S/C5H7N3/c1-3-5-6-4(2)7-8-5/h3H,1H2,2H3,(H,6,7,8). The van der Waals surface area contributed by atoms with Gasteiger partial charge in [0.1, 0.15) is 11.6 Å². The highest BCUT2D eigenvalue weighted by atomic mass is 15.2. The first-order chi connectivity index (χ1) is 3.83. The molecule has 0 aliphatic rings. The maximum Gasteiger partial charge on any atom is 0.147 e. The quantitative estimate of drug-likeness (QED) is 0.578. The molecule has 0 unspecified atom stereocenters. The van der Waals surface area contributed by atoms with Crippen LogP contribution in [-0.2, 0) is 0 Å². The molecule has 0 aliphatic heterocycles. The van der Waals surface area contributed by atoms with Gasteiger partial charge in [-0.2, -0.15) is 5.10 Å². The smallest absolute Gasteiger partial charge is 0.147 e. The van der Waals surface area contributed by atoms with E-state index in [9.17, 15) is 0 Å². The van der Waals surface area contributed by atoms with Crippen LogP contribution in [-0.4, -0.2) is 15.2 Å². The van der Waals surface area contributed by atoms with Crippen molar-refractivity contribution in [3.05, 3.63) is 18.2 Å². The molecule has 0 atom stereocenters. The van der Waals surface area contributed by atoms with E-state index in [0.717, 1.165) is 11.6 Å². The van der Waals surface area contributed by atoms with Crippen LogP contribution in [0, 0.1) is 6.92 Å². The Bertz CT molecular complexity index is 189. The molecule has 0 aliphatic carbocycles. The van der Waals surface area contributed by atoms with Crippen LogP contribution in [0.25, 0.3) is 6.08 Å². The molecule has 1 heterocycles. The van der Waals surface area contributed by atoms with Crippen molar-refractivity contribution in [2.24, 2.45) is 0 Å². The van der Waals surface area contributed by atoms with Gasteiger partial charge in [0.05, 0.1) is 0 Å². The number of hydrogen-bond acceptors (Lipinski definition) is 2. The van der Waals surface area contributed by atoms with Gasteiger partial charge in [-0.15, -0.1) is 0 Å². The summed E-state index contributed by atoms with van der Waals surface area (Å²) in [4.78, 5) is 3.94. The van der Waals surface area contributed by atoms with Gasteiger partial charge < -0.3 is 0 Å². The van der Waals surface area contributed by atoms with Crippen LogP contribution >= 0.6 is 0 Å². The Kier molecular flexibility index (Phi) is 1.12. The molecule has 0 saturated carbocycles. The monoisotopic (exact) mass is 109 g/mol. The molecule has 0 radical (unpaired) electrons. The molecule has 3 heteroatoms. The molecule has 0 saturated heterocycles. The average molecular weight is 109 g/mol. The van der Waals surface area contributed by atoms with Gasteiger partial charge >= 0.3 is 0 Å². The first-order valence-corrected chi connectivity index (χ1v) is 2.34. The van der Waals surface area contributed by atoms with E-state index in [0.29, 0.717) is 0 Å². The third-order valence-electron chi connectivity index (χ3n) is 0.808. The zero-order valence-corrected chi connectivity index (χ0v) is 4.68. The van der Waals surface area contributed by atoms with E-state index >= 15 is 0 Å². The van der Waals surface area contributed by atoms with Crippen LogP contribution in [0.4, 0.5) is 0 Å². The van der Waals surface area contributed by atoms with Gasteiger partial charge in [0.25, 0.3) is 0 Å². The summed E-state index contributed by atoms with van der Waals surface area (Å²) >= 11 is 0. The summed E-state index contributed by atoms with van der Waals surface area (Å²) in [6, 6.07) is 0. The molecule has 1 rings (SSSR count). The number of hydrogen-bond donors (Lipinski definition) is 1. The van der Waals surface area contributed by atoms with Crippen molar-refractivity contribution in [1.29, 1.82) is 0 Å². The number of nitrogens with zero attached hydrogens (tertiary/aromatic N) is 2. The molecule has 0 bridgehead atoms. The Morgan fingerprint density at radius 1 is 1.75 bits per heavy atom. The lowest BCUT2D eigenvalue weighted by Gasteiger charge is -1.71. The predicted octanol–water partition coefficient (Wildman–Crippen LogP) is 0.756. The van der Waals surface area contributed by atoms with E-state index in [1.807, 2.05) is 6.92 Å². The number of H-pyrrole nitrogens is 1. The fraction of sp³-hybridized carbons (Fsp3) is 0.200. The van der Waals surface area contributed by atoms with E-state index in [1.54, 1.807) is 6.08 Å². The lowest BCUT2D eigenvalue weighted by atomic mass is 10.6. The number of aromatic nitrogens is 3. The van der Waals surface area contributed by atoms with Crippen molar-refractivity contribution in [2.75, 3.05) is 0 Å². The topological polar surface area (TPSA) is 41.6 Å². The van der Waals surface area contributed by atoms with Gasteiger partial charge in [-0.25, -0.2) is 4.98 Å². The molecule has 0 aromatic carbocycles. The minimum atomic E-state index is 0.725. The summed E-state index contributed by atoms with van der Waals surface area (Å²) in [7, 11) is 0. The second-order valence-electron chi connectivity index (χ2n) is 1.47. The SMILES string of the molecule is C=Cc1nc(C)n[nH]1. The molecular weight excluding hydrogens is 102 g/mol. The molecule has 0 fully saturated rings. The normalized spacial score (nSPS) is 9.12. The summed E-state index contributed by atoms with van der Waals surface area (Å²) in [6.07, 6.45) is 1.62. The van der Waals surface area contributed by atoms with Crippen molar-refractivity contribution >= 4 is 6.08 Å². The summed E-state index contributed by atoms with van der Waals surface area (Å²) in [6.45, 7) is 5.33. The molecule has 3 nitrogen and oxygen atoms in total. The van der Waals surface area contributed by atoms with Crippen molar-refractivity contribution < 1.29 is 0 Å². The Hall–Kier alpha value is -1.12. The van der Waals surface area contributed by atoms with Crippen LogP contribution in [0.2, 0.25) is 0 Å². The van der Waals surface area contributed by atoms with E-state index in [2.05, 4.69) is 21.8 Å². The van der Waals surface area contributed by atoms with Crippen molar-refractivity contribution in [1.82, 2.24) is 15.2 Å². The molecule has 1 aromatic heterocycles. The second kappa shape index (κ2) is 1.78. The van der Waals surface area contributed by atoms with Crippen molar-refractivity contribution in [2.45, 2.75) is 6.92 Å². The highest BCUT2D eigenvalue weighted by Crippen LogP contribution is 1.89. The molecular formula is C5H7N3. The van der Waals surface area contributed by atoms with Gasteiger partial charge in [0.15, 0.2) is 0 Å². The number of aryl methyl sites for hydroxylation is 1. The number of rotatable bonds is 1. The highest BCUT2D eigenvalue weighted by molar-refractivity contribution is 5.34.